The van der Waals surface area contributed by atoms with Gasteiger partial charge in [0.05, 0.1) is 34.8 Å². The molecule has 0 aliphatic carbocycles. The SMILES string of the molecule is CC(C)(C)OC(=O)N1C[C@@H](C(=O)Nc2cccc3c2OCCO3)[C@H](c2ccccc2)C1.CC(C)(C)OC(=O)N1C[C@@H](C(=O)O)[C@H](c2ccccc2)C1.Nc1cccc2c1OCCO2.O=C(Nc1cccc2c1OCCO2)[C@@H]1CNC[C@H]1c1ccccc1. The summed E-state index contributed by atoms with van der Waals surface area (Å²) in [5.74, 6) is 1.59. The summed E-state index contributed by atoms with van der Waals surface area (Å²) in [6.07, 6.45) is -0.857. The van der Waals surface area contributed by atoms with Gasteiger partial charge in [-0.1, -0.05) is 109 Å². The number of nitrogens with zero attached hydrogens (tertiary/aromatic N) is 2. The molecule has 6 aliphatic rings. The van der Waals surface area contributed by atoms with Crippen molar-refractivity contribution in [3.63, 3.8) is 0 Å². The number of rotatable bonds is 8. The van der Waals surface area contributed by atoms with Crippen molar-refractivity contribution in [1.29, 1.82) is 0 Å². The molecule has 6 aliphatic heterocycles. The summed E-state index contributed by atoms with van der Waals surface area (Å²) < 4.78 is 44.1. The first kappa shape index (κ1) is 62.4. The minimum atomic E-state index is -0.880. The van der Waals surface area contributed by atoms with Crippen LogP contribution in [0.3, 0.4) is 0 Å². The molecule has 0 bridgehead atoms. The Balaban J connectivity index is 0.000000145. The van der Waals surface area contributed by atoms with Crippen LogP contribution in [0.5, 0.6) is 34.5 Å². The third kappa shape index (κ3) is 16.4. The van der Waals surface area contributed by atoms with Crippen LogP contribution in [-0.4, -0.2) is 135 Å². The Hall–Kier alpha value is -9.17. The van der Waals surface area contributed by atoms with Crippen molar-refractivity contribution in [2.75, 3.05) is 95.3 Å². The second kappa shape index (κ2) is 28.4. The summed E-state index contributed by atoms with van der Waals surface area (Å²) >= 11 is 0. The number of fused-ring (bicyclic) bond motifs is 3. The first-order chi connectivity index (χ1) is 41.8. The van der Waals surface area contributed by atoms with E-state index in [-0.39, 0.29) is 48.6 Å². The van der Waals surface area contributed by atoms with Crippen LogP contribution in [0.2, 0.25) is 0 Å². The highest BCUT2D eigenvalue weighted by atomic mass is 16.6. The number of nitrogens with one attached hydrogen (secondary N) is 3. The summed E-state index contributed by atoms with van der Waals surface area (Å²) in [5, 5.41) is 18.8. The van der Waals surface area contributed by atoms with Crippen molar-refractivity contribution in [3.05, 3.63) is 162 Å². The van der Waals surface area contributed by atoms with E-state index in [4.69, 9.17) is 43.6 Å². The van der Waals surface area contributed by atoms with Gasteiger partial charge < -0.3 is 74.5 Å². The zero-order valence-corrected chi connectivity index (χ0v) is 50.0. The lowest BCUT2D eigenvalue weighted by molar-refractivity contribution is -0.141. The molecule has 6 heterocycles. The van der Waals surface area contributed by atoms with Gasteiger partial charge in [-0.15, -0.1) is 0 Å². The van der Waals surface area contributed by atoms with E-state index in [0.717, 1.165) is 23.4 Å². The van der Waals surface area contributed by atoms with Gasteiger partial charge in [-0.25, -0.2) is 9.59 Å². The van der Waals surface area contributed by atoms with E-state index in [1.54, 1.807) is 37.8 Å². The average Bonchev–Trinajstić information content (AvgIpc) is 2.29. The van der Waals surface area contributed by atoms with E-state index in [2.05, 4.69) is 28.1 Å². The normalized spacial score (nSPS) is 20.5. The molecule has 0 saturated carbocycles. The third-order valence-corrected chi connectivity index (χ3v) is 15.1. The molecule has 0 aromatic heterocycles. The number of aliphatic carboxylic acids is 1. The first-order valence-corrected chi connectivity index (χ1v) is 29.4. The number of para-hydroxylation sites is 3. The highest BCUT2D eigenvalue weighted by Gasteiger charge is 2.44. The second-order valence-corrected chi connectivity index (χ2v) is 23.6. The summed E-state index contributed by atoms with van der Waals surface area (Å²) in [4.78, 5) is 65.6. The summed E-state index contributed by atoms with van der Waals surface area (Å²) in [6.45, 7) is 16.8. The number of benzene rings is 6. The van der Waals surface area contributed by atoms with Crippen molar-refractivity contribution in [1.82, 2.24) is 15.1 Å². The van der Waals surface area contributed by atoms with E-state index in [9.17, 15) is 29.1 Å². The molecular weight excluding hydrogens is 1110 g/mol. The van der Waals surface area contributed by atoms with E-state index < -0.39 is 41.2 Å². The Labute approximate surface area is 507 Å². The predicted molar refractivity (Wildman–Crippen MR) is 328 cm³/mol. The molecule has 0 spiro atoms. The molecule has 6 atom stereocenters. The van der Waals surface area contributed by atoms with Crippen LogP contribution in [0.4, 0.5) is 26.7 Å². The van der Waals surface area contributed by atoms with Crippen LogP contribution in [-0.2, 0) is 23.9 Å². The number of nitrogens with two attached hydrogens (primary N) is 1. The number of hydrogen-bond acceptors (Lipinski definition) is 15. The fraction of sp³-hybridized carbons (Fsp3) is 0.388. The number of likely N-dealkylation sites (tertiary alicyclic amines) is 2. The van der Waals surface area contributed by atoms with Crippen molar-refractivity contribution in [2.45, 2.75) is 70.5 Å². The molecule has 20 heteroatoms. The number of carbonyl (C=O) groups is 5. The van der Waals surface area contributed by atoms with Crippen LogP contribution in [0, 0.1) is 17.8 Å². The van der Waals surface area contributed by atoms with Gasteiger partial charge in [-0.05, 0) is 94.6 Å². The number of amides is 4. The standard InChI is InChI=1S/C24H28N2O5.C19H20N2O3.C16H21NO4.C8H9NO2/c1-24(2,3)31-23(28)26-14-17(16-8-5-4-6-9-16)18(15-26)22(27)25-19-10-7-11-20-21(19)30-13-12-29-20;22-19(15-12-20-11-14(15)13-5-2-1-3-6-13)21-16-7-4-8-17-18(16)24-10-9-23-17;1-16(2,3)21-15(20)17-9-12(13(10-17)14(18)19)11-7-5-4-6-8-11;9-6-2-1-3-7-8(6)11-5-4-10-7/h4-11,17-18H,12-15H2,1-3H3,(H,25,27);1-8,14-15,20H,9-12H2,(H,21,22);4-8,12-13H,9-10H2,1-3H3,(H,18,19);1-3H,4-5,9H2/t17-,18+;14-,15+;12-,13+;/m000./s1. The Bertz CT molecular complexity index is 3320. The largest absolute Gasteiger partial charge is 0.486 e. The number of nitrogen functional groups attached to an aromatic ring is 1. The zero-order chi connectivity index (χ0) is 61.7. The van der Waals surface area contributed by atoms with Gasteiger partial charge in [0.1, 0.15) is 50.8 Å². The maximum Gasteiger partial charge on any atom is 0.410 e. The third-order valence-electron chi connectivity index (χ3n) is 15.1. The Morgan fingerprint density at radius 2 is 0.839 bits per heavy atom. The minimum Gasteiger partial charge on any atom is -0.486 e. The highest BCUT2D eigenvalue weighted by Crippen LogP contribution is 2.42. The summed E-state index contributed by atoms with van der Waals surface area (Å²) in [5.41, 5.74) is 9.50. The van der Waals surface area contributed by atoms with E-state index in [1.807, 2.05) is 142 Å². The molecule has 6 aromatic carbocycles. The smallest absolute Gasteiger partial charge is 0.410 e. The number of carboxylic acids is 1. The zero-order valence-electron chi connectivity index (χ0n) is 50.0. The quantitative estimate of drug-likeness (QED) is 0.0889. The van der Waals surface area contributed by atoms with Crippen molar-refractivity contribution < 1.29 is 67.0 Å². The van der Waals surface area contributed by atoms with Gasteiger partial charge in [0, 0.05) is 57.0 Å². The van der Waals surface area contributed by atoms with Crippen LogP contribution in [0.25, 0.3) is 0 Å². The topological polar surface area (TPSA) is 248 Å². The molecule has 4 amide bonds. The highest BCUT2D eigenvalue weighted by molar-refractivity contribution is 5.96. The van der Waals surface area contributed by atoms with Gasteiger partial charge in [0.2, 0.25) is 11.8 Å². The van der Waals surface area contributed by atoms with Crippen molar-refractivity contribution in [2.24, 2.45) is 17.8 Å². The molecule has 6 N–H and O–H groups in total. The van der Waals surface area contributed by atoms with E-state index >= 15 is 0 Å². The first-order valence-electron chi connectivity index (χ1n) is 29.4. The fourth-order valence-electron chi connectivity index (χ4n) is 11.0. The lowest BCUT2D eigenvalue weighted by Crippen LogP contribution is -2.36. The van der Waals surface area contributed by atoms with Crippen LogP contribution in [0.1, 0.15) is 76.0 Å². The monoisotopic (exact) mass is 1190 g/mol. The van der Waals surface area contributed by atoms with E-state index in [0.29, 0.717) is 105 Å². The number of anilines is 3. The lowest BCUT2D eigenvalue weighted by Gasteiger charge is -2.24. The maximum atomic E-state index is 13.4. The molecule has 87 heavy (non-hydrogen) atoms. The fourth-order valence-corrected chi connectivity index (χ4v) is 11.0. The minimum absolute atomic E-state index is 0.0106. The molecule has 460 valence electrons. The predicted octanol–water partition coefficient (Wildman–Crippen LogP) is 10.2. The van der Waals surface area contributed by atoms with Crippen LogP contribution >= 0.6 is 0 Å². The molecule has 20 nitrogen and oxygen atoms in total. The molecular formula is C67H78N6O14. The average molecular weight is 1190 g/mol. The number of ether oxygens (including phenoxy) is 8. The Morgan fingerprint density at radius 3 is 1.28 bits per heavy atom. The van der Waals surface area contributed by atoms with Crippen molar-refractivity contribution >= 4 is 47.0 Å². The van der Waals surface area contributed by atoms with Gasteiger partial charge in [-0.2, -0.15) is 0 Å². The van der Waals surface area contributed by atoms with E-state index in [1.165, 1.54) is 10.5 Å². The van der Waals surface area contributed by atoms with Gasteiger partial charge in [0.15, 0.2) is 34.5 Å². The van der Waals surface area contributed by atoms with Gasteiger partial charge >= 0.3 is 18.2 Å². The van der Waals surface area contributed by atoms with Gasteiger partial charge in [0.25, 0.3) is 0 Å². The molecule has 3 fully saturated rings. The maximum absolute atomic E-state index is 13.4. The van der Waals surface area contributed by atoms with Crippen LogP contribution in [0.15, 0.2) is 146 Å². The van der Waals surface area contributed by atoms with Crippen molar-refractivity contribution in [3.8, 4) is 34.5 Å². The molecule has 0 radical (unpaired) electrons. The van der Waals surface area contributed by atoms with Crippen LogP contribution < -0.4 is 50.1 Å². The molecule has 6 aromatic rings. The lowest BCUT2D eigenvalue weighted by atomic mass is 9.88. The summed E-state index contributed by atoms with van der Waals surface area (Å²) in [7, 11) is 0. The number of carbonyl (C=O) groups excluding carboxylic acids is 4. The Kier molecular flexibility index (Phi) is 20.3. The molecule has 3 saturated heterocycles. The Morgan fingerprint density at radius 1 is 0.460 bits per heavy atom. The number of hydrogen-bond donors (Lipinski definition) is 5. The number of carboxylic acid groups (broad SMARTS) is 1. The second-order valence-electron chi connectivity index (χ2n) is 23.6. The van der Waals surface area contributed by atoms with Gasteiger partial charge in [-0.3, -0.25) is 14.4 Å². The molecule has 0 unspecified atom stereocenters. The summed E-state index contributed by atoms with van der Waals surface area (Å²) in [6, 6.07) is 46.0. The molecule has 12 rings (SSSR count).